The molecule has 3 aromatic carbocycles. The molecule has 0 aliphatic heterocycles. The molecule has 1 unspecified atom stereocenters. The molecule has 0 N–H and O–H groups in total. The number of hydrogen-bond donors (Lipinski definition) is 0. The van der Waals surface area contributed by atoms with E-state index in [9.17, 15) is 4.79 Å². The quantitative estimate of drug-likeness (QED) is 0.480. The van der Waals surface area contributed by atoms with Gasteiger partial charge in [0.25, 0.3) is 0 Å². The van der Waals surface area contributed by atoms with Crippen molar-refractivity contribution in [3.63, 3.8) is 0 Å². The van der Waals surface area contributed by atoms with E-state index in [0.29, 0.717) is 0 Å². The van der Waals surface area contributed by atoms with E-state index in [2.05, 4.69) is 0 Å². The van der Waals surface area contributed by atoms with Gasteiger partial charge in [0.1, 0.15) is 11.5 Å². The molecule has 0 radical (unpaired) electrons. The summed E-state index contributed by atoms with van der Waals surface area (Å²) in [7, 11) is 0.117. The monoisotopic (exact) mass is 356 g/mol. The van der Waals surface area contributed by atoms with Gasteiger partial charge in [0.15, 0.2) is 5.52 Å². The molecule has 3 rings (SSSR count). The van der Waals surface area contributed by atoms with Crippen LogP contribution in [0.2, 0.25) is 0 Å². The third-order valence-corrected chi connectivity index (χ3v) is 5.44. The van der Waals surface area contributed by atoms with Gasteiger partial charge in [-0.3, -0.25) is 4.79 Å². The molecule has 0 saturated heterocycles. The van der Waals surface area contributed by atoms with Gasteiger partial charge < -0.3 is 4.74 Å². The van der Waals surface area contributed by atoms with Crippen LogP contribution in [-0.4, -0.2) is 24.4 Å². The summed E-state index contributed by atoms with van der Waals surface area (Å²) in [6.07, 6.45) is 0. The average Bonchev–Trinajstić information content (AvgIpc) is 2.58. The van der Waals surface area contributed by atoms with Crippen LogP contribution in [-0.2, 0) is 0 Å². The minimum absolute atomic E-state index is 0. The molecule has 0 saturated carbocycles. The number of para-hydroxylation sites is 1. The third-order valence-electron chi connectivity index (χ3n) is 4.13. The topological polar surface area (TPSA) is 26.3 Å². The van der Waals surface area contributed by atoms with E-state index in [4.69, 9.17) is 4.74 Å². The molecule has 26 heavy (non-hydrogen) atoms. The third kappa shape index (κ3) is 4.86. The van der Waals surface area contributed by atoms with Gasteiger partial charge in [-0.05, 0) is 75.6 Å². The van der Waals surface area contributed by atoms with Crippen LogP contribution < -0.4 is 10.0 Å². The van der Waals surface area contributed by atoms with Gasteiger partial charge in [0.05, 0.1) is 0 Å². The Labute approximate surface area is 168 Å². The summed E-state index contributed by atoms with van der Waals surface area (Å²) >= 11 is 0. The van der Waals surface area contributed by atoms with Gasteiger partial charge in [-0.15, -0.1) is 0 Å². The van der Waals surface area contributed by atoms with E-state index in [-0.39, 0.29) is 33.0 Å². The molecule has 0 aromatic heterocycles. The van der Waals surface area contributed by atoms with Gasteiger partial charge in [-0.2, -0.15) is 0 Å². The number of hydrogen-bond acceptors (Lipinski definition) is 2. The first-order valence-corrected chi connectivity index (χ1v) is 9.26. The molecule has 0 fully saturated rings. The van der Waals surface area contributed by atoms with Crippen molar-refractivity contribution in [2.24, 2.45) is 0 Å². The maximum absolute atomic E-state index is 12.8. The van der Waals surface area contributed by atoms with Crippen molar-refractivity contribution in [3.05, 3.63) is 89.0 Å². The summed E-state index contributed by atoms with van der Waals surface area (Å²) in [5.74, 6) is 1.60. The molecule has 0 amide bonds. The first-order chi connectivity index (χ1) is 12.0. The number of ether oxygens (including phenoxy) is 1. The van der Waals surface area contributed by atoms with Crippen LogP contribution >= 0.6 is 8.58 Å². The van der Waals surface area contributed by atoms with Gasteiger partial charge in [-0.1, -0.05) is 42.5 Å². The van der Waals surface area contributed by atoms with Crippen LogP contribution in [0.4, 0.5) is 0 Å². The van der Waals surface area contributed by atoms with E-state index >= 15 is 0 Å². The number of carbonyl (C=O) groups excluding carboxylic acids is 1. The fourth-order valence-corrected chi connectivity index (χ4v) is 4.02. The zero-order valence-corrected chi connectivity index (χ0v) is 15.7. The second-order valence-electron chi connectivity index (χ2n) is 6.11. The second kappa shape index (κ2) is 9.20. The van der Waals surface area contributed by atoms with Crippen molar-refractivity contribution < 1.29 is 9.53 Å². The zero-order chi connectivity index (χ0) is 17.8. The Morgan fingerprint density at radius 1 is 0.769 bits per heavy atom. The van der Waals surface area contributed by atoms with Gasteiger partial charge >= 0.3 is 18.9 Å². The van der Waals surface area contributed by atoms with Crippen LogP contribution in [0.5, 0.6) is 11.5 Å². The molecule has 0 spiro atoms. The molecule has 0 bridgehead atoms. The SMILES string of the molecule is Cc1cc(Oc2ccccc2)ccc1PC(=O)c1c(C)cccc1C.[LiH]. The molecule has 3 aromatic rings. The van der Waals surface area contributed by atoms with Crippen molar-refractivity contribution in [3.8, 4) is 11.5 Å². The summed E-state index contributed by atoms with van der Waals surface area (Å²) in [6, 6.07) is 21.6. The summed E-state index contributed by atoms with van der Waals surface area (Å²) in [6.45, 7) is 6.01. The summed E-state index contributed by atoms with van der Waals surface area (Å²) in [5, 5.41) is 1.06. The fraction of sp³-hybridized carbons (Fsp3) is 0.136. The fourth-order valence-electron chi connectivity index (χ4n) is 2.82. The average molecular weight is 356 g/mol. The van der Waals surface area contributed by atoms with Crippen molar-refractivity contribution >= 4 is 38.3 Å². The standard InChI is InChI=1S/C22H21O2P.Li.H/c1-15-8-7-9-16(2)21(15)22(23)25-20-13-12-19(14-17(20)3)24-18-10-5-4-6-11-18;;/h4-14,25H,1-3H3;;. The van der Waals surface area contributed by atoms with E-state index in [1.165, 1.54) is 0 Å². The Hall–Kier alpha value is -1.84. The van der Waals surface area contributed by atoms with Crippen molar-refractivity contribution in [2.45, 2.75) is 20.8 Å². The van der Waals surface area contributed by atoms with Crippen molar-refractivity contribution in [1.29, 1.82) is 0 Å². The molecule has 128 valence electrons. The molecule has 2 nitrogen and oxygen atoms in total. The number of aryl methyl sites for hydroxylation is 3. The zero-order valence-electron chi connectivity index (χ0n) is 14.7. The van der Waals surface area contributed by atoms with Crippen LogP contribution in [0.25, 0.3) is 0 Å². The Balaban J connectivity index is 0.00000243. The summed E-state index contributed by atoms with van der Waals surface area (Å²) < 4.78 is 5.86. The predicted octanol–water partition coefficient (Wildman–Crippen LogP) is 4.90. The first kappa shape index (κ1) is 20.5. The number of rotatable bonds is 5. The normalized spacial score (nSPS) is 10.6. The molecule has 0 heterocycles. The number of carbonyl (C=O) groups is 1. The van der Waals surface area contributed by atoms with Crippen molar-refractivity contribution in [2.75, 3.05) is 0 Å². The molecular weight excluding hydrogens is 334 g/mol. The Kier molecular flexibility index (Phi) is 7.24. The first-order valence-electron chi connectivity index (χ1n) is 8.26. The summed E-state index contributed by atoms with van der Waals surface area (Å²) in [5.41, 5.74) is 4.20. The molecule has 0 aliphatic rings. The van der Waals surface area contributed by atoms with Gasteiger partial charge in [0, 0.05) is 5.56 Å². The predicted molar refractivity (Wildman–Crippen MR) is 113 cm³/mol. The van der Waals surface area contributed by atoms with Crippen LogP contribution in [0, 0.1) is 20.8 Å². The van der Waals surface area contributed by atoms with Crippen LogP contribution in [0.3, 0.4) is 0 Å². The molecule has 1 atom stereocenters. The Morgan fingerprint density at radius 3 is 2.04 bits per heavy atom. The van der Waals surface area contributed by atoms with Crippen LogP contribution in [0.1, 0.15) is 27.0 Å². The van der Waals surface area contributed by atoms with E-state index < -0.39 is 0 Å². The van der Waals surface area contributed by atoms with Crippen molar-refractivity contribution in [1.82, 2.24) is 0 Å². The van der Waals surface area contributed by atoms with E-state index in [0.717, 1.165) is 39.1 Å². The van der Waals surface area contributed by atoms with Crippen LogP contribution in [0.15, 0.2) is 66.7 Å². The minimum atomic E-state index is 0. The maximum atomic E-state index is 12.8. The molecule has 0 aliphatic carbocycles. The van der Waals surface area contributed by atoms with Gasteiger partial charge in [0.2, 0.25) is 0 Å². The summed E-state index contributed by atoms with van der Waals surface area (Å²) in [4.78, 5) is 12.8. The van der Waals surface area contributed by atoms with Gasteiger partial charge in [-0.25, -0.2) is 0 Å². The molecular formula is C22H22LiO2P. The Morgan fingerprint density at radius 2 is 1.42 bits per heavy atom. The molecule has 4 heteroatoms. The van der Waals surface area contributed by atoms with E-state index in [1.54, 1.807) is 0 Å². The number of benzene rings is 3. The Bertz CT molecular complexity index is 887. The van der Waals surface area contributed by atoms with E-state index in [1.807, 2.05) is 87.5 Å². The second-order valence-corrected chi connectivity index (χ2v) is 7.36.